The molecule has 0 aliphatic rings. The number of hydrogen-bond acceptors (Lipinski definition) is 4. The Morgan fingerprint density at radius 1 is 0.380 bits per heavy atom. The van der Waals surface area contributed by atoms with Crippen LogP contribution in [-0.2, 0) is 0 Å². The molecule has 0 N–H and O–H groups in total. The van der Waals surface area contributed by atoms with E-state index >= 15 is 0 Å². The van der Waals surface area contributed by atoms with Crippen molar-refractivity contribution in [2.75, 3.05) is 4.90 Å². The number of anilines is 3. The maximum atomic E-state index is 6.58. The Morgan fingerprint density at radius 2 is 0.980 bits per heavy atom. The van der Waals surface area contributed by atoms with Gasteiger partial charge in [-0.05, 0) is 83.1 Å². The zero-order chi connectivity index (χ0) is 32.8. The molecule has 0 radical (unpaired) electrons. The van der Waals surface area contributed by atoms with E-state index in [1.165, 1.54) is 30.9 Å². The average Bonchev–Trinajstić information content (AvgIpc) is 3.85. The van der Waals surface area contributed by atoms with Gasteiger partial charge in [-0.15, -0.1) is 11.3 Å². The van der Waals surface area contributed by atoms with Crippen molar-refractivity contribution in [2.24, 2.45) is 0 Å². The van der Waals surface area contributed by atoms with Crippen LogP contribution >= 0.6 is 11.3 Å². The first-order chi connectivity index (χ1) is 24.8. The van der Waals surface area contributed by atoms with Gasteiger partial charge in [0.25, 0.3) is 0 Å². The third-order valence-corrected chi connectivity index (χ3v) is 11.2. The quantitative estimate of drug-likeness (QED) is 0.189. The number of para-hydroxylation sites is 2. The molecule has 0 spiro atoms. The van der Waals surface area contributed by atoms with Crippen molar-refractivity contribution in [3.63, 3.8) is 0 Å². The molecule has 0 aliphatic carbocycles. The highest BCUT2D eigenvalue weighted by Gasteiger charge is 2.20. The topological polar surface area (TPSA) is 29.5 Å². The summed E-state index contributed by atoms with van der Waals surface area (Å²) in [5, 5.41) is 9.43. The molecule has 8 aromatic carbocycles. The molecule has 3 heterocycles. The Balaban J connectivity index is 1.12. The molecule has 0 unspecified atom stereocenters. The van der Waals surface area contributed by atoms with Crippen molar-refractivity contribution in [1.29, 1.82) is 0 Å². The molecule has 0 saturated heterocycles. The molecular formula is C46H27NO2S. The molecular weight excluding hydrogens is 631 g/mol. The number of nitrogens with zero attached hydrogens (tertiary/aromatic N) is 1. The second-order valence-corrected chi connectivity index (χ2v) is 14.0. The van der Waals surface area contributed by atoms with Gasteiger partial charge in [0.05, 0.1) is 0 Å². The molecule has 11 rings (SSSR count). The Labute approximate surface area is 290 Å². The van der Waals surface area contributed by atoms with Crippen LogP contribution < -0.4 is 4.90 Å². The van der Waals surface area contributed by atoms with Crippen LogP contribution in [0.3, 0.4) is 0 Å². The van der Waals surface area contributed by atoms with Gasteiger partial charge in [-0.3, -0.25) is 0 Å². The van der Waals surface area contributed by atoms with Gasteiger partial charge in [-0.25, -0.2) is 0 Å². The molecule has 0 atom stereocenters. The highest BCUT2D eigenvalue weighted by atomic mass is 32.1. The van der Waals surface area contributed by atoms with Gasteiger partial charge in [0.1, 0.15) is 22.3 Å². The van der Waals surface area contributed by atoms with E-state index in [0.29, 0.717) is 0 Å². The Hall–Kier alpha value is -6.36. The van der Waals surface area contributed by atoms with Crippen LogP contribution in [0.2, 0.25) is 0 Å². The van der Waals surface area contributed by atoms with E-state index < -0.39 is 0 Å². The Morgan fingerprint density at radius 3 is 1.82 bits per heavy atom. The second-order valence-electron chi connectivity index (χ2n) is 12.9. The lowest BCUT2D eigenvalue weighted by atomic mass is 9.95. The summed E-state index contributed by atoms with van der Waals surface area (Å²) in [5.74, 6) is 0. The van der Waals surface area contributed by atoms with Crippen LogP contribution in [0, 0.1) is 0 Å². The van der Waals surface area contributed by atoms with Crippen molar-refractivity contribution in [3.8, 4) is 11.1 Å². The monoisotopic (exact) mass is 657 g/mol. The van der Waals surface area contributed by atoms with Crippen molar-refractivity contribution in [3.05, 3.63) is 164 Å². The molecule has 4 heteroatoms. The number of thiophene rings is 1. The van der Waals surface area contributed by atoms with Gasteiger partial charge >= 0.3 is 0 Å². The minimum absolute atomic E-state index is 0.871. The Bertz CT molecular complexity index is 3110. The zero-order valence-electron chi connectivity index (χ0n) is 26.8. The lowest BCUT2D eigenvalue weighted by Crippen LogP contribution is -2.09. The van der Waals surface area contributed by atoms with Crippen molar-refractivity contribution < 1.29 is 8.83 Å². The van der Waals surface area contributed by atoms with Crippen molar-refractivity contribution in [1.82, 2.24) is 0 Å². The van der Waals surface area contributed by atoms with Gasteiger partial charge in [0, 0.05) is 70.4 Å². The lowest BCUT2D eigenvalue weighted by molar-refractivity contribution is 0.669. The summed E-state index contributed by atoms with van der Waals surface area (Å²) in [6.07, 6.45) is 0. The van der Waals surface area contributed by atoms with Crippen molar-refractivity contribution >= 4 is 103 Å². The van der Waals surface area contributed by atoms with Gasteiger partial charge < -0.3 is 13.7 Å². The predicted octanol–water partition coefficient (Wildman–Crippen LogP) is 14.1. The van der Waals surface area contributed by atoms with E-state index in [9.17, 15) is 0 Å². The molecule has 3 aromatic heterocycles. The number of furan rings is 2. The number of fused-ring (bicyclic) bond motifs is 10. The summed E-state index contributed by atoms with van der Waals surface area (Å²) >= 11 is 1.84. The van der Waals surface area contributed by atoms with Crippen molar-refractivity contribution in [2.45, 2.75) is 0 Å². The first-order valence-corrected chi connectivity index (χ1v) is 17.6. The Kier molecular flexibility index (Phi) is 5.83. The highest BCUT2D eigenvalue weighted by molar-refractivity contribution is 7.25. The first kappa shape index (κ1) is 27.6. The standard InChI is InChI=1S/C46H27NO2S/c1-2-10-33-29(9-1)25-39-35-12-4-7-15-41(35)49-46(39)45(33)28-17-19-30(20-18-28)47(31-22-24-44-38(26-31)37-13-5-8-16-43(37)50-44)32-21-23-36-34-11-3-6-14-40(34)48-42(36)27-32/h1-27H. The largest absolute Gasteiger partial charge is 0.456 e. The molecule has 0 amide bonds. The molecule has 0 fully saturated rings. The van der Waals surface area contributed by atoms with E-state index in [1.54, 1.807) is 0 Å². The second kappa shape index (κ2) is 10.6. The van der Waals surface area contributed by atoms with Gasteiger partial charge in [0.15, 0.2) is 0 Å². The minimum Gasteiger partial charge on any atom is -0.456 e. The highest BCUT2D eigenvalue weighted by Crippen LogP contribution is 2.45. The minimum atomic E-state index is 0.871. The van der Waals surface area contributed by atoms with Gasteiger partial charge in [-0.1, -0.05) is 91.0 Å². The number of benzene rings is 8. The third-order valence-electron chi connectivity index (χ3n) is 10.0. The van der Waals surface area contributed by atoms with Crippen LogP contribution in [0.5, 0.6) is 0 Å². The molecule has 0 aliphatic heterocycles. The fourth-order valence-corrected chi connectivity index (χ4v) is 8.83. The maximum absolute atomic E-state index is 6.58. The fourth-order valence-electron chi connectivity index (χ4n) is 7.74. The van der Waals surface area contributed by atoms with E-state index in [0.717, 1.165) is 72.1 Å². The fraction of sp³-hybridized carbons (Fsp3) is 0. The summed E-state index contributed by atoms with van der Waals surface area (Å²) in [6, 6.07) is 58.4. The van der Waals surface area contributed by atoms with E-state index in [-0.39, 0.29) is 0 Å². The van der Waals surface area contributed by atoms with Gasteiger partial charge in [-0.2, -0.15) is 0 Å². The summed E-state index contributed by atoms with van der Waals surface area (Å²) in [7, 11) is 0. The molecule has 0 bridgehead atoms. The van der Waals surface area contributed by atoms with Gasteiger partial charge in [0.2, 0.25) is 0 Å². The zero-order valence-corrected chi connectivity index (χ0v) is 27.6. The summed E-state index contributed by atoms with van der Waals surface area (Å²) in [6.45, 7) is 0. The summed E-state index contributed by atoms with van der Waals surface area (Å²) in [4.78, 5) is 2.34. The summed E-state index contributed by atoms with van der Waals surface area (Å²) in [5.41, 5.74) is 9.00. The van der Waals surface area contributed by atoms with Crippen LogP contribution in [0.25, 0.3) is 85.9 Å². The molecule has 3 nitrogen and oxygen atoms in total. The van der Waals surface area contributed by atoms with E-state index in [4.69, 9.17) is 8.83 Å². The molecule has 50 heavy (non-hydrogen) atoms. The van der Waals surface area contributed by atoms with Crippen LogP contribution in [0.1, 0.15) is 0 Å². The van der Waals surface area contributed by atoms with Crippen LogP contribution in [0.4, 0.5) is 17.1 Å². The lowest BCUT2D eigenvalue weighted by Gasteiger charge is -2.26. The normalized spacial score (nSPS) is 12.0. The molecule has 0 saturated carbocycles. The first-order valence-electron chi connectivity index (χ1n) is 16.8. The molecule has 11 aromatic rings. The van der Waals surface area contributed by atoms with Crippen LogP contribution in [0.15, 0.2) is 173 Å². The number of rotatable bonds is 4. The third kappa shape index (κ3) is 4.09. The average molecular weight is 658 g/mol. The summed E-state index contributed by atoms with van der Waals surface area (Å²) < 4.78 is 15.5. The van der Waals surface area contributed by atoms with E-state index in [2.05, 4.69) is 150 Å². The smallest absolute Gasteiger partial charge is 0.143 e. The number of hydrogen-bond donors (Lipinski definition) is 0. The maximum Gasteiger partial charge on any atom is 0.143 e. The predicted molar refractivity (Wildman–Crippen MR) is 212 cm³/mol. The molecule has 234 valence electrons. The SMILES string of the molecule is c1ccc2c(-c3ccc(N(c4ccc5c(c4)oc4ccccc45)c4ccc5sc6ccccc6c5c4)cc3)c3oc4ccccc4c3cc2c1. The van der Waals surface area contributed by atoms with Crippen LogP contribution in [-0.4, -0.2) is 0 Å². The van der Waals surface area contributed by atoms with E-state index in [1.807, 2.05) is 29.5 Å².